The molecule has 0 spiro atoms. The summed E-state index contributed by atoms with van der Waals surface area (Å²) in [5.41, 5.74) is 0.897. The highest BCUT2D eigenvalue weighted by molar-refractivity contribution is 5.90. The summed E-state index contributed by atoms with van der Waals surface area (Å²) < 4.78 is 10.1. The number of methoxy groups -OCH3 is 2. The Balaban J connectivity index is 2.18. The maximum absolute atomic E-state index is 12.7. The number of carbonyl (C=O) groups excluding carboxylic acids is 2. The van der Waals surface area contributed by atoms with Gasteiger partial charge in [0.05, 0.1) is 20.1 Å². The van der Waals surface area contributed by atoms with Gasteiger partial charge in [0.2, 0.25) is 5.91 Å². The predicted octanol–water partition coefficient (Wildman–Crippen LogP) is 3.66. The van der Waals surface area contributed by atoms with Gasteiger partial charge in [0, 0.05) is 0 Å². The lowest BCUT2D eigenvalue weighted by molar-refractivity contribution is -0.145. The van der Waals surface area contributed by atoms with Crippen LogP contribution >= 0.6 is 0 Å². The smallest absolute Gasteiger partial charge is 0.328 e. The molecule has 0 aliphatic carbocycles. The van der Waals surface area contributed by atoms with Crippen LogP contribution in [-0.2, 0) is 14.3 Å². The number of benzene rings is 2. The average molecular weight is 357 g/mol. The monoisotopic (exact) mass is 357 g/mol. The van der Waals surface area contributed by atoms with Crippen molar-refractivity contribution in [2.45, 2.75) is 39.2 Å². The third kappa shape index (κ3) is 4.75. The molecule has 5 nitrogen and oxygen atoms in total. The molecule has 2 unspecified atom stereocenters. The van der Waals surface area contributed by atoms with E-state index in [4.69, 9.17) is 9.47 Å². The minimum absolute atomic E-state index is 0.186. The van der Waals surface area contributed by atoms with E-state index in [-0.39, 0.29) is 17.7 Å². The molecule has 0 radical (unpaired) electrons. The number of carbonyl (C=O) groups is 2. The number of amides is 1. The highest BCUT2D eigenvalue weighted by Crippen LogP contribution is 2.25. The van der Waals surface area contributed by atoms with Gasteiger partial charge < -0.3 is 14.8 Å². The molecular weight excluding hydrogens is 330 g/mol. The second-order valence-electron chi connectivity index (χ2n) is 6.91. The molecule has 2 aromatic rings. The van der Waals surface area contributed by atoms with Crippen molar-refractivity contribution < 1.29 is 19.1 Å². The Kier molecular flexibility index (Phi) is 6.61. The fourth-order valence-electron chi connectivity index (χ4n) is 2.91. The van der Waals surface area contributed by atoms with E-state index in [0.29, 0.717) is 6.42 Å². The van der Waals surface area contributed by atoms with Gasteiger partial charge >= 0.3 is 5.97 Å². The number of ether oxygens (including phenoxy) is 2. The Bertz CT molecular complexity index is 785. The third-order valence-electron chi connectivity index (χ3n) is 4.47. The van der Waals surface area contributed by atoms with E-state index in [1.807, 2.05) is 57.2 Å². The minimum atomic E-state index is -0.625. The molecule has 0 aliphatic heterocycles. The molecule has 2 aromatic carbocycles. The zero-order chi connectivity index (χ0) is 19.3. The molecule has 0 aromatic heterocycles. The lowest BCUT2D eigenvalue weighted by Crippen LogP contribution is -2.44. The summed E-state index contributed by atoms with van der Waals surface area (Å²) in [7, 11) is 2.97. The largest absolute Gasteiger partial charge is 0.497 e. The van der Waals surface area contributed by atoms with Gasteiger partial charge in [-0.2, -0.15) is 0 Å². The summed E-state index contributed by atoms with van der Waals surface area (Å²) in [6.07, 6.45) is 0.544. The van der Waals surface area contributed by atoms with Crippen molar-refractivity contribution in [1.82, 2.24) is 5.32 Å². The van der Waals surface area contributed by atoms with Crippen LogP contribution in [-0.4, -0.2) is 32.1 Å². The number of hydrogen-bond donors (Lipinski definition) is 1. The summed E-state index contributed by atoms with van der Waals surface area (Å²) >= 11 is 0. The fourth-order valence-corrected chi connectivity index (χ4v) is 2.91. The molecule has 26 heavy (non-hydrogen) atoms. The quantitative estimate of drug-likeness (QED) is 0.768. The van der Waals surface area contributed by atoms with Crippen LogP contribution in [0.25, 0.3) is 10.8 Å². The second kappa shape index (κ2) is 8.70. The van der Waals surface area contributed by atoms with Crippen molar-refractivity contribution in [2.75, 3.05) is 14.2 Å². The van der Waals surface area contributed by atoms with E-state index in [1.54, 1.807) is 7.11 Å². The molecule has 0 bridgehead atoms. The number of fused-ring (bicyclic) bond motifs is 1. The van der Waals surface area contributed by atoms with Crippen LogP contribution < -0.4 is 10.1 Å². The molecule has 0 saturated heterocycles. The predicted molar refractivity (Wildman–Crippen MR) is 102 cm³/mol. The Morgan fingerprint density at radius 3 is 2.27 bits per heavy atom. The Morgan fingerprint density at radius 2 is 1.65 bits per heavy atom. The van der Waals surface area contributed by atoms with Crippen molar-refractivity contribution >= 4 is 22.6 Å². The van der Waals surface area contributed by atoms with Gasteiger partial charge in [0.15, 0.2) is 0 Å². The van der Waals surface area contributed by atoms with Crippen LogP contribution in [0, 0.1) is 5.92 Å². The lowest BCUT2D eigenvalue weighted by atomic mass is 9.96. The summed E-state index contributed by atoms with van der Waals surface area (Å²) in [5, 5.41) is 4.92. The van der Waals surface area contributed by atoms with Crippen molar-refractivity contribution in [3.05, 3.63) is 42.0 Å². The van der Waals surface area contributed by atoms with E-state index in [0.717, 1.165) is 22.1 Å². The molecule has 140 valence electrons. The number of rotatable bonds is 7. The van der Waals surface area contributed by atoms with Crippen molar-refractivity contribution in [3.8, 4) is 5.75 Å². The lowest BCUT2D eigenvalue weighted by Gasteiger charge is -2.21. The van der Waals surface area contributed by atoms with E-state index in [9.17, 15) is 9.59 Å². The average Bonchev–Trinajstić information content (AvgIpc) is 2.64. The molecule has 0 heterocycles. The number of hydrogen-bond acceptors (Lipinski definition) is 4. The normalized spacial score (nSPS) is 13.3. The molecular formula is C21H27NO4. The van der Waals surface area contributed by atoms with Crippen LogP contribution in [0.4, 0.5) is 0 Å². The minimum Gasteiger partial charge on any atom is -0.497 e. The Labute approximate surface area is 154 Å². The molecule has 2 atom stereocenters. The SMILES string of the molecule is COC(=O)C(CC(C)C)NC(=O)C(C)c1ccc2cc(OC)ccc2c1. The van der Waals surface area contributed by atoms with Gasteiger partial charge in [0.25, 0.3) is 0 Å². The highest BCUT2D eigenvalue weighted by Gasteiger charge is 2.25. The van der Waals surface area contributed by atoms with Crippen LogP contribution in [0.1, 0.15) is 38.7 Å². The zero-order valence-corrected chi connectivity index (χ0v) is 16.0. The molecule has 5 heteroatoms. The van der Waals surface area contributed by atoms with Gasteiger partial charge in [-0.15, -0.1) is 0 Å². The molecule has 2 rings (SSSR count). The first-order chi connectivity index (χ1) is 12.3. The van der Waals surface area contributed by atoms with Gasteiger partial charge in [0.1, 0.15) is 11.8 Å². The Hall–Kier alpha value is -2.56. The summed E-state index contributed by atoms with van der Waals surface area (Å²) in [4.78, 5) is 24.6. The first kappa shape index (κ1) is 19.8. The standard InChI is InChI=1S/C21H27NO4/c1-13(2)10-19(21(24)26-5)22-20(23)14(3)15-6-7-17-12-18(25-4)9-8-16(17)11-15/h6-9,11-14,19H,10H2,1-5H3,(H,22,23). The Morgan fingerprint density at radius 1 is 1.00 bits per heavy atom. The number of esters is 1. The van der Waals surface area contributed by atoms with Gasteiger partial charge in [-0.25, -0.2) is 4.79 Å². The van der Waals surface area contributed by atoms with Crippen LogP contribution in [0.2, 0.25) is 0 Å². The maximum Gasteiger partial charge on any atom is 0.328 e. The summed E-state index contributed by atoms with van der Waals surface area (Å²) in [6, 6.07) is 11.1. The van der Waals surface area contributed by atoms with Gasteiger partial charge in [-0.05, 0) is 47.7 Å². The second-order valence-corrected chi connectivity index (χ2v) is 6.91. The van der Waals surface area contributed by atoms with Crippen LogP contribution in [0.3, 0.4) is 0 Å². The van der Waals surface area contributed by atoms with Crippen molar-refractivity contribution in [3.63, 3.8) is 0 Å². The van der Waals surface area contributed by atoms with Crippen molar-refractivity contribution in [1.29, 1.82) is 0 Å². The topological polar surface area (TPSA) is 64.6 Å². The van der Waals surface area contributed by atoms with E-state index >= 15 is 0 Å². The van der Waals surface area contributed by atoms with E-state index in [2.05, 4.69) is 5.32 Å². The van der Waals surface area contributed by atoms with E-state index < -0.39 is 12.0 Å². The number of nitrogens with one attached hydrogen (secondary N) is 1. The molecule has 1 amide bonds. The first-order valence-corrected chi connectivity index (χ1v) is 8.81. The van der Waals surface area contributed by atoms with Gasteiger partial charge in [-0.1, -0.05) is 38.1 Å². The fraction of sp³-hybridized carbons (Fsp3) is 0.429. The van der Waals surface area contributed by atoms with Crippen molar-refractivity contribution in [2.24, 2.45) is 5.92 Å². The van der Waals surface area contributed by atoms with Crippen LogP contribution in [0.15, 0.2) is 36.4 Å². The maximum atomic E-state index is 12.7. The summed E-state index contributed by atoms with van der Waals surface area (Å²) in [6.45, 7) is 5.84. The third-order valence-corrected chi connectivity index (χ3v) is 4.47. The molecule has 0 aliphatic rings. The van der Waals surface area contributed by atoms with E-state index in [1.165, 1.54) is 7.11 Å². The highest BCUT2D eigenvalue weighted by atomic mass is 16.5. The first-order valence-electron chi connectivity index (χ1n) is 8.81. The molecule has 0 saturated carbocycles. The molecule has 1 N–H and O–H groups in total. The molecule has 0 fully saturated rings. The zero-order valence-electron chi connectivity index (χ0n) is 16.0. The van der Waals surface area contributed by atoms with Gasteiger partial charge in [-0.3, -0.25) is 4.79 Å². The van der Waals surface area contributed by atoms with Crippen LogP contribution in [0.5, 0.6) is 5.75 Å². The summed E-state index contributed by atoms with van der Waals surface area (Å²) in [5.74, 6) is 0.0931.